The lowest BCUT2D eigenvalue weighted by Gasteiger charge is -2.09. The van der Waals surface area contributed by atoms with E-state index in [9.17, 15) is 4.79 Å². The maximum absolute atomic E-state index is 11.4. The van der Waals surface area contributed by atoms with E-state index in [-0.39, 0.29) is 12.1 Å². The van der Waals surface area contributed by atoms with Crippen LogP contribution in [-0.4, -0.2) is 19.2 Å². The first kappa shape index (κ1) is 12.0. The van der Waals surface area contributed by atoms with E-state index in [0.29, 0.717) is 12.0 Å². The quantitative estimate of drug-likeness (QED) is 0.375. The lowest BCUT2D eigenvalue weighted by atomic mass is 10.2. The van der Waals surface area contributed by atoms with Crippen molar-refractivity contribution >= 4 is 5.97 Å². The van der Waals surface area contributed by atoms with Gasteiger partial charge in [-0.3, -0.25) is 0 Å². The molecule has 13 heavy (non-hydrogen) atoms. The number of hydrogen-bond acceptors (Lipinski definition) is 3. The van der Waals surface area contributed by atoms with Gasteiger partial charge in [-0.1, -0.05) is 13.3 Å². The van der Waals surface area contributed by atoms with Crippen LogP contribution >= 0.6 is 0 Å². The molecule has 0 aromatic rings. The summed E-state index contributed by atoms with van der Waals surface area (Å²) in [5.41, 5.74) is 0.596. The molecule has 0 aliphatic rings. The monoisotopic (exact) mass is 186 g/mol. The van der Waals surface area contributed by atoms with Crippen molar-refractivity contribution in [3.63, 3.8) is 0 Å². The molecule has 0 saturated heterocycles. The molecule has 0 saturated carbocycles. The second-order valence-electron chi connectivity index (χ2n) is 3.08. The average Bonchev–Trinajstić information content (AvgIpc) is 2.02. The third kappa shape index (κ3) is 5.28. The molecule has 0 aliphatic heterocycles. The van der Waals surface area contributed by atoms with Crippen LogP contribution in [0.25, 0.3) is 0 Å². The molecule has 76 valence electrons. The minimum absolute atomic E-state index is 0.0791. The van der Waals surface area contributed by atoms with E-state index in [1.807, 2.05) is 20.8 Å². The summed E-state index contributed by atoms with van der Waals surface area (Å²) in [5, 5.41) is 0. The lowest BCUT2D eigenvalue weighted by molar-refractivity contribution is -0.143. The molecule has 0 rings (SSSR count). The Labute approximate surface area is 79.7 Å². The first-order valence-corrected chi connectivity index (χ1v) is 4.54. The van der Waals surface area contributed by atoms with Crippen molar-refractivity contribution < 1.29 is 14.3 Å². The number of rotatable bonds is 5. The van der Waals surface area contributed by atoms with Gasteiger partial charge in [0.1, 0.15) is 0 Å². The molecule has 0 aromatic heterocycles. The number of methoxy groups -OCH3 is 1. The first-order chi connectivity index (χ1) is 6.11. The fraction of sp³-hybridized carbons (Fsp3) is 0.700. The second kappa shape index (κ2) is 6.52. The molecule has 0 aliphatic carbocycles. The summed E-state index contributed by atoms with van der Waals surface area (Å²) in [4.78, 5) is 11.4. The zero-order valence-electron chi connectivity index (χ0n) is 8.79. The largest absolute Gasteiger partial charge is 0.504 e. The van der Waals surface area contributed by atoms with Crippen molar-refractivity contribution in [2.24, 2.45) is 0 Å². The van der Waals surface area contributed by atoms with Crippen molar-refractivity contribution in [1.82, 2.24) is 0 Å². The molecule has 0 unspecified atom stereocenters. The highest BCUT2D eigenvalue weighted by Gasteiger charge is 2.11. The Kier molecular flexibility index (Phi) is 6.02. The van der Waals surface area contributed by atoms with Gasteiger partial charge < -0.3 is 9.47 Å². The van der Waals surface area contributed by atoms with Crippen LogP contribution in [0.5, 0.6) is 0 Å². The van der Waals surface area contributed by atoms with Gasteiger partial charge >= 0.3 is 5.97 Å². The SMILES string of the molecule is CCCC(=COC)C(=O)OC(C)C. The Morgan fingerprint density at radius 3 is 2.46 bits per heavy atom. The standard InChI is InChI=1S/C10H18O3/c1-5-6-9(7-12-4)10(11)13-8(2)3/h7-8H,5-6H2,1-4H3. The van der Waals surface area contributed by atoms with E-state index in [1.165, 1.54) is 13.4 Å². The van der Waals surface area contributed by atoms with Crippen LogP contribution in [0.15, 0.2) is 11.8 Å². The molecular weight excluding hydrogens is 168 g/mol. The molecule has 0 atom stereocenters. The van der Waals surface area contributed by atoms with Crippen molar-refractivity contribution in [3.05, 3.63) is 11.8 Å². The van der Waals surface area contributed by atoms with Gasteiger partial charge in [0.15, 0.2) is 0 Å². The summed E-state index contributed by atoms with van der Waals surface area (Å²) in [5.74, 6) is -0.279. The highest BCUT2D eigenvalue weighted by atomic mass is 16.5. The smallest absolute Gasteiger partial charge is 0.337 e. The Morgan fingerprint density at radius 2 is 2.08 bits per heavy atom. The van der Waals surface area contributed by atoms with Gasteiger partial charge in [-0.2, -0.15) is 0 Å². The molecule has 3 heteroatoms. The summed E-state index contributed by atoms with van der Waals surface area (Å²) >= 11 is 0. The maximum atomic E-state index is 11.4. The van der Waals surface area contributed by atoms with E-state index in [0.717, 1.165) is 6.42 Å². The normalized spacial score (nSPS) is 11.6. The van der Waals surface area contributed by atoms with Gasteiger partial charge in [0, 0.05) is 0 Å². The number of carbonyl (C=O) groups is 1. The summed E-state index contributed by atoms with van der Waals surface area (Å²) in [6.07, 6.45) is 2.97. The minimum Gasteiger partial charge on any atom is -0.504 e. The van der Waals surface area contributed by atoms with Crippen molar-refractivity contribution in [2.45, 2.75) is 39.7 Å². The Hall–Kier alpha value is -0.990. The summed E-state index contributed by atoms with van der Waals surface area (Å²) < 4.78 is 9.83. The number of esters is 1. The molecule has 0 spiro atoms. The second-order valence-corrected chi connectivity index (χ2v) is 3.08. The van der Waals surface area contributed by atoms with E-state index in [4.69, 9.17) is 9.47 Å². The predicted octanol–water partition coefficient (Wildman–Crippen LogP) is 2.27. The fourth-order valence-electron chi connectivity index (χ4n) is 0.910. The van der Waals surface area contributed by atoms with Gasteiger partial charge in [0.25, 0.3) is 0 Å². The van der Waals surface area contributed by atoms with Crippen molar-refractivity contribution in [3.8, 4) is 0 Å². The topological polar surface area (TPSA) is 35.5 Å². The molecule has 0 radical (unpaired) electrons. The Balaban J connectivity index is 4.20. The number of carbonyl (C=O) groups excluding carboxylic acids is 1. The number of ether oxygens (including phenoxy) is 2. The Bertz CT molecular complexity index is 183. The molecule has 0 fully saturated rings. The highest BCUT2D eigenvalue weighted by Crippen LogP contribution is 2.08. The van der Waals surface area contributed by atoms with Crippen molar-refractivity contribution in [1.29, 1.82) is 0 Å². The van der Waals surface area contributed by atoms with E-state index in [1.54, 1.807) is 0 Å². The fourth-order valence-corrected chi connectivity index (χ4v) is 0.910. The Morgan fingerprint density at radius 1 is 1.46 bits per heavy atom. The molecular formula is C10H18O3. The summed E-state index contributed by atoms with van der Waals surface area (Å²) in [7, 11) is 1.53. The molecule has 0 heterocycles. The molecule has 0 amide bonds. The van der Waals surface area contributed by atoms with Crippen LogP contribution in [0.2, 0.25) is 0 Å². The maximum Gasteiger partial charge on any atom is 0.337 e. The van der Waals surface area contributed by atoms with Gasteiger partial charge in [0.05, 0.1) is 25.0 Å². The minimum atomic E-state index is -0.279. The molecule has 3 nitrogen and oxygen atoms in total. The zero-order chi connectivity index (χ0) is 10.3. The van der Waals surface area contributed by atoms with E-state index < -0.39 is 0 Å². The van der Waals surface area contributed by atoms with Crippen LogP contribution in [0, 0.1) is 0 Å². The molecule has 0 bridgehead atoms. The van der Waals surface area contributed by atoms with Gasteiger partial charge in [-0.25, -0.2) is 4.79 Å². The third-order valence-corrected chi connectivity index (χ3v) is 1.38. The van der Waals surface area contributed by atoms with Crippen LogP contribution in [0.1, 0.15) is 33.6 Å². The van der Waals surface area contributed by atoms with Crippen molar-refractivity contribution in [2.75, 3.05) is 7.11 Å². The van der Waals surface area contributed by atoms with E-state index >= 15 is 0 Å². The zero-order valence-corrected chi connectivity index (χ0v) is 8.79. The van der Waals surface area contributed by atoms with Crippen LogP contribution < -0.4 is 0 Å². The molecule has 0 aromatic carbocycles. The predicted molar refractivity (Wildman–Crippen MR) is 51.2 cm³/mol. The van der Waals surface area contributed by atoms with Crippen LogP contribution in [-0.2, 0) is 14.3 Å². The highest BCUT2D eigenvalue weighted by molar-refractivity contribution is 5.88. The lowest BCUT2D eigenvalue weighted by Crippen LogP contribution is -2.13. The third-order valence-electron chi connectivity index (χ3n) is 1.38. The molecule has 0 N–H and O–H groups in total. The van der Waals surface area contributed by atoms with Gasteiger partial charge in [-0.05, 0) is 20.3 Å². The average molecular weight is 186 g/mol. The number of hydrogen-bond donors (Lipinski definition) is 0. The summed E-state index contributed by atoms with van der Waals surface area (Å²) in [6.45, 7) is 5.66. The van der Waals surface area contributed by atoms with Gasteiger partial charge in [-0.15, -0.1) is 0 Å². The van der Waals surface area contributed by atoms with Crippen LogP contribution in [0.4, 0.5) is 0 Å². The van der Waals surface area contributed by atoms with Crippen LogP contribution in [0.3, 0.4) is 0 Å². The van der Waals surface area contributed by atoms with E-state index in [2.05, 4.69) is 0 Å². The van der Waals surface area contributed by atoms with Gasteiger partial charge in [0.2, 0.25) is 0 Å². The summed E-state index contributed by atoms with van der Waals surface area (Å²) in [6, 6.07) is 0. The first-order valence-electron chi connectivity index (χ1n) is 4.54.